The van der Waals surface area contributed by atoms with Crippen molar-refractivity contribution in [1.29, 1.82) is 5.41 Å². The summed E-state index contributed by atoms with van der Waals surface area (Å²) < 4.78 is 7.86. The smallest absolute Gasteiger partial charge is 0.407 e. The first-order chi connectivity index (χ1) is 18.5. The average Bonchev–Trinajstić information content (AvgIpc) is 3.29. The zero-order valence-corrected chi connectivity index (χ0v) is 22.7. The van der Waals surface area contributed by atoms with Gasteiger partial charge >= 0.3 is 6.09 Å². The molecule has 200 valence electrons. The Bertz CT molecular complexity index is 1290. The summed E-state index contributed by atoms with van der Waals surface area (Å²) in [7, 11) is 0. The third-order valence-corrected chi connectivity index (χ3v) is 8.46. The molecule has 2 aliphatic rings. The van der Waals surface area contributed by atoms with Gasteiger partial charge in [0.2, 0.25) is 0 Å². The first-order valence-electron chi connectivity index (χ1n) is 14.0. The number of nitrogens with zero attached hydrogens (tertiary/aromatic N) is 2. The number of hydrogen-bond acceptors (Lipinski definition) is 4. The van der Waals surface area contributed by atoms with Crippen molar-refractivity contribution in [3.8, 4) is 0 Å². The minimum absolute atomic E-state index is 0.238. The van der Waals surface area contributed by atoms with Crippen LogP contribution in [0.3, 0.4) is 0 Å². The van der Waals surface area contributed by atoms with Gasteiger partial charge < -0.3 is 24.9 Å². The fraction of sp³-hybridized carbons (Fsp3) is 0.438. The number of ether oxygens (including phenoxy) is 1. The lowest BCUT2D eigenvalue weighted by Gasteiger charge is -2.40. The topological polar surface area (TPSA) is 70.3 Å². The molecule has 1 aromatic heterocycles. The van der Waals surface area contributed by atoms with E-state index in [0.717, 1.165) is 53.7 Å². The first kappa shape index (κ1) is 26.2. The summed E-state index contributed by atoms with van der Waals surface area (Å²) in [6.07, 6.45) is 8.18. The summed E-state index contributed by atoms with van der Waals surface area (Å²) in [5.74, 6) is 0. The number of para-hydroxylation sites is 1. The van der Waals surface area contributed by atoms with E-state index in [1.807, 2.05) is 36.4 Å². The molecular formula is C32H40N4O2. The third kappa shape index (κ3) is 5.70. The van der Waals surface area contributed by atoms with Crippen molar-refractivity contribution >= 4 is 23.2 Å². The summed E-state index contributed by atoms with van der Waals surface area (Å²) in [4.78, 5) is 15.3. The lowest BCUT2D eigenvalue weighted by molar-refractivity contribution is 0.116. The lowest BCUT2D eigenvalue weighted by atomic mass is 9.86. The minimum Gasteiger partial charge on any atom is -0.445 e. The summed E-state index contributed by atoms with van der Waals surface area (Å²) in [6, 6.07) is 19.1. The van der Waals surface area contributed by atoms with E-state index < -0.39 is 6.09 Å². The number of rotatable bonds is 7. The molecule has 6 heteroatoms. The SMILES string of the molecule is CC(C)=C1CCC(N2CCC(n3c(CNC(=O)OCc4ccccc4)c(C=N)c4ccccc43)CC2)CC1. The second-order valence-electron chi connectivity index (χ2n) is 10.9. The van der Waals surface area contributed by atoms with E-state index in [2.05, 4.69) is 46.8 Å². The molecule has 2 fully saturated rings. The predicted octanol–water partition coefficient (Wildman–Crippen LogP) is 6.98. The van der Waals surface area contributed by atoms with Crippen molar-refractivity contribution in [3.63, 3.8) is 0 Å². The molecule has 38 heavy (non-hydrogen) atoms. The monoisotopic (exact) mass is 512 g/mol. The van der Waals surface area contributed by atoms with Gasteiger partial charge in [-0.1, -0.05) is 59.7 Å². The number of nitrogens with one attached hydrogen (secondary N) is 2. The van der Waals surface area contributed by atoms with Crippen molar-refractivity contribution in [2.24, 2.45) is 0 Å². The Kier molecular flexibility index (Phi) is 8.28. The molecule has 2 heterocycles. The highest BCUT2D eigenvalue weighted by atomic mass is 16.5. The van der Waals surface area contributed by atoms with Gasteiger partial charge in [-0.05, 0) is 64.0 Å². The summed E-state index contributed by atoms with van der Waals surface area (Å²) in [5.41, 5.74) is 7.14. The number of aromatic nitrogens is 1. The number of fused-ring (bicyclic) bond motifs is 1. The number of carbonyl (C=O) groups is 1. The van der Waals surface area contributed by atoms with Gasteiger partial charge in [0, 0.05) is 53.5 Å². The van der Waals surface area contributed by atoms with Crippen molar-refractivity contribution in [3.05, 3.63) is 82.6 Å². The van der Waals surface area contributed by atoms with E-state index in [4.69, 9.17) is 10.1 Å². The van der Waals surface area contributed by atoms with Crippen molar-refractivity contribution in [2.75, 3.05) is 13.1 Å². The summed E-state index contributed by atoms with van der Waals surface area (Å²) in [6.45, 7) is 7.26. The van der Waals surface area contributed by atoms with Crippen molar-refractivity contribution < 1.29 is 9.53 Å². The molecule has 0 bridgehead atoms. The van der Waals surface area contributed by atoms with Gasteiger partial charge in [-0.25, -0.2) is 4.79 Å². The van der Waals surface area contributed by atoms with Crippen LogP contribution in [-0.2, 0) is 17.9 Å². The molecule has 2 N–H and O–H groups in total. The Hall–Kier alpha value is -3.38. The molecule has 0 radical (unpaired) electrons. The van der Waals surface area contributed by atoms with E-state index in [0.29, 0.717) is 18.6 Å². The quantitative estimate of drug-likeness (QED) is 0.265. The molecule has 0 unspecified atom stereocenters. The van der Waals surface area contributed by atoms with Crippen LogP contribution < -0.4 is 5.32 Å². The molecule has 0 spiro atoms. The molecule has 1 aliphatic heterocycles. The van der Waals surface area contributed by atoms with Crippen molar-refractivity contribution in [1.82, 2.24) is 14.8 Å². The maximum absolute atomic E-state index is 12.6. The zero-order chi connectivity index (χ0) is 26.5. The van der Waals surface area contributed by atoms with Crippen LogP contribution in [0.15, 0.2) is 65.7 Å². The molecular weight excluding hydrogens is 472 g/mol. The molecule has 1 amide bonds. The van der Waals surface area contributed by atoms with E-state index in [1.54, 1.807) is 5.57 Å². The van der Waals surface area contributed by atoms with Gasteiger partial charge in [0.15, 0.2) is 0 Å². The van der Waals surface area contributed by atoms with Crippen LogP contribution in [0.5, 0.6) is 0 Å². The Morgan fingerprint density at radius 2 is 1.66 bits per heavy atom. The normalized spacial score (nSPS) is 18.9. The number of hydrogen-bond donors (Lipinski definition) is 2. The Morgan fingerprint density at radius 3 is 2.34 bits per heavy atom. The van der Waals surface area contributed by atoms with Gasteiger partial charge in [-0.2, -0.15) is 0 Å². The predicted molar refractivity (Wildman–Crippen MR) is 154 cm³/mol. The fourth-order valence-electron chi connectivity index (χ4n) is 6.36. The summed E-state index contributed by atoms with van der Waals surface area (Å²) in [5, 5.41) is 12.2. The van der Waals surface area contributed by atoms with Crippen LogP contribution in [0.4, 0.5) is 4.79 Å². The number of carbonyl (C=O) groups excluding carboxylic acids is 1. The molecule has 1 saturated carbocycles. The molecule has 1 saturated heterocycles. The number of benzene rings is 2. The standard InChI is InChI=1S/C32H40N4O2/c1-23(2)25-12-14-26(15-13-25)35-18-16-27(17-19-35)36-30-11-7-6-10-28(30)29(20-33)31(36)21-34-32(37)38-22-24-8-4-3-5-9-24/h3-11,20,26-27,33H,12-19,21-22H2,1-2H3,(H,34,37). The number of alkyl carbamates (subject to hydrolysis) is 1. The number of allylic oxidation sites excluding steroid dienone is 2. The van der Waals surface area contributed by atoms with Gasteiger partial charge in [0.05, 0.1) is 6.54 Å². The highest BCUT2D eigenvalue weighted by Crippen LogP contribution is 2.36. The van der Waals surface area contributed by atoms with E-state index in [9.17, 15) is 4.79 Å². The maximum atomic E-state index is 12.6. The molecule has 0 atom stereocenters. The third-order valence-electron chi connectivity index (χ3n) is 8.46. The van der Waals surface area contributed by atoms with Gasteiger partial charge in [0.25, 0.3) is 0 Å². The molecule has 2 aromatic carbocycles. The van der Waals surface area contributed by atoms with Crippen LogP contribution in [0, 0.1) is 5.41 Å². The Balaban J connectivity index is 1.29. The van der Waals surface area contributed by atoms with Crippen LogP contribution in [0.2, 0.25) is 0 Å². The van der Waals surface area contributed by atoms with E-state index in [1.165, 1.54) is 37.5 Å². The second kappa shape index (κ2) is 12.0. The summed E-state index contributed by atoms with van der Waals surface area (Å²) >= 11 is 0. The van der Waals surface area contributed by atoms with Crippen LogP contribution in [0.1, 0.15) is 75.2 Å². The van der Waals surface area contributed by atoms with Gasteiger partial charge in [0.1, 0.15) is 6.61 Å². The fourth-order valence-corrected chi connectivity index (χ4v) is 6.36. The number of likely N-dealkylation sites (tertiary alicyclic amines) is 1. The van der Waals surface area contributed by atoms with E-state index >= 15 is 0 Å². The molecule has 1 aliphatic carbocycles. The first-order valence-corrected chi connectivity index (χ1v) is 14.0. The van der Waals surface area contributed by atoms with Crippen molar-refractivity contribution in [2.45, 2.75) is 77.6 Å². The van der Waals surface area contributed by atoms with Gasteiger partial charge in [-0.3, -0.25) is 0 Å². The molecule has 6 nitrogen and oxygen atoms in total. The highest BCUT2D eigenvalue weighted by Gasteiger charge is 2.30. The van der Waals surface area contributed by atoms with Crippen LogP contribution >= 0.6 is 0 Å². The maximum Gasteiger partial charge on any atom is 0.407 e. The molecule has 5 rings (SSSR count). The molecule has 3 aromatic rings. The average molecular weight is 513 g/mol. The Labute approximate surface area is 226 Å². The largest absolute Gasteiger partial charge is 0.445 e. The van der Waals surface area contributed by atoms with Crippen LogP contribution in [-0.4, -0.2) is 40.9 Å². The zero-order valence-electron chi connectivity index (χ0n) is 22.7. The minimum atomic E-state index is -0.440. The lowest BCUT2D eigenvalue weighted by Crippen LogP contribution is -2.43. The Morgan fingerprint density at radius 1 is 0.974 bits per heavy atom. The second-order valence-corrected chi connectivity index (χ2v) is 10.9. The van der Waals surface area contributed by atoms with Crippen LogP contribution in [0.25, 0.3) is 10.9 Å². The highest BCUT2D eigenvalue weighted by molar-refractivity contribution is 6.00. The van der Waals surface area contributed by atoms with Gasteiger partial charge in [-0.15, -0.1) is 0 Å². The number of amides is 1. The number of piperidine rings is 1. The van der Waals surface area contributed by atoms with E-state index in [-0.39, 0.29) is 6.61 Å².